The second-order valence-corrected chi connectivity index (χ2v) is 5.59. The SMILES string of the molecule is COCCOc1ccc(NC(=O)C(C)C2CNC2)cc1Cl. The summed E-state index contributed by atoms with van der Waals surface area (Å²) in [5.74, 6) is 1.01. The maximum atomic E-state index is 12.1. The summed E-state index contributed by atoms with van der Waals surface area (Å²) in [6.45, 7) is 4.70. The molecule has 1 atom stereocenters. The number of methoxy groups -OCH3 is 1. The number of rotatable bonds is 7. The van der Waals surface area contributed by atoms with Gasteiger partial charge in [-0.15, -0.1) is 0 Å². The summed E-state index contributed by atoms with van der Waals surface area (Å²) in [4.78, 5) is 12.1. The van der Waals surface area contributed by atoms with Crippen LogP contribution in [0.4, 0.5) is 5.69 Å². The van der Waals surface area contributed by atoms with Crippen LogP contribution in [0.25, 0.3) is 0 Å². The van der Waals surface area contributed by atoms with Gasteiger partial charge in [0.2, 0.25) is 5.91 Å². The van der Waals surface area contributed by atoms with E-state index in [1.807, 2.05) is 6.92 Å². The summed E-state index contributed by atoms with van der Waals surface area (Å²) < 4.78 is 10.4. The number of hydrogen-bond donors (Lipinski definition) is 2. The van der Waals surface area contributed by atoms with E-state index in [0.29, 0.717) is 35.6 Å². The molecule has 0 spiro atoms. The predicted molar refractivity (Wildman–Crippen MR) is 83.0 cm³/mol. The number of amides is 1. The molecule has 1 heterocycles. The van der Waals surface area contributed by atoms with Crippen LogP contribution in [0.15, 0.2) is 18.2 Å². The van der Waals surface area contributed by atoms with Crippen molar-refractivity contribution in [1.82, 2.24) is 5.32 Å². The third-order valence-electron chi connectivity index (χ3n) is 3.68. The molecule has 0 aliphatic carbocycles. The lowest BCUT2D eigenvalue weighted by atomic mass is 9.88. The molecule has 0 aromatic heterocycles. The van der Waals surface area contributed by atoms with Gasteiger partial charge in [0.15, 0.2) is 0 Å². The monoisotopic (exact) mass is 312 g/mol. The summed E-state index contributed by atoms with van der Waals surface area (Å²) in [5.41, 5.74) is 0.684. The van der Waals surface area contributed by atoms with Crippen LogP contribution in [0.5, 0.6) is 5.75 Å². The molecule has 1 aromatic rings. The lowest BCUT2D eigenvalue weighted by molar-refractivity contribution is -0.121. The fourth-order valence-electron chi connectivity index (χ4n) is 2.07. The number of carbonyl (C=O) groups excluding carboxylic acids is 1. The third-order valence-corrected chi connectivity index (χ3v) is 3.97. The topological polar surface area (TPSA) is 59.6 Å². The highest BCUT2D eigenvalue weighted by Crippen LogP contribution is 2.28. The molecule has 116 valence electrons. The second-order valence-electron chi connectivity index (χ2n) is 5.18. The zero-order valence-electron chi connectivity index (χ0n) is 12.3. The van der Waals surface area contributed by atoms with Gasteiger partial charge in [0.05, 0.1) is 11.6 Å². The van der Waals surface area contributed by atoms with Crippen molar-refractivity contribution in [2.45, 2.75) is 6.92 Å². The standard InChI is InChI=1S/C15H21ClN2O3/c1-10(11-8-17-9-11)15(19)18-12-3-4-14(13(16)7-12)21-6-5-20-2/h3-4,7,10-11,17H,5-6,8-9H2,1-2H3,(H,18,19). The van der Waals surface area contributed by atoms with Crippen molar-refractivity contribution < 1.29 is 14.3 Å². The van der Waals surface area contributed by atoms with Crippen LogP contribution in [0.3, 0.4) is 0 Å². The van der Waals surface area contributed by atoms with E-state index in [2.05, 4.69) is 10.6 Å². The smallest absolute Gasteiger partial charge is 0.227 e. The highest BCUT2D eigenvalue weighted by Gasteiger charge is 2.28. The molecule has 1 unspecified atom stereocenters. The van der Waals surface area contributed by atoms with Crippen LogP contribution < -0.4 is 15.4 Å². The van der Waals surface area contributed by atoms with Gasteiger partial charge in [-0.2, -0.15) is 0 Å². The molecule has 2 N–H and O–H groups in total. The zero-order valence-corrected chi connectivity index (χ0v) is 13.1. The summed E-state index contributed by atoms with van der Waals surface area (Å²) in [7, 11) is 1.61. The minimum atomic E-state index is -0.0114. The van der Waals surface area contributed by atoms with Crippen molar-refractivity contribution in [2.75, 3.05) is 38.7 Å². The molecule has 1 fully saturated rings. The third kappa shape index (κ3) is 4.33. The van der Waals surface area contributed by atoms with E-state index in [4.69, 9.17) is 21.1 Å². The molecule has 0 radical (unpaired) electrons. The molecular weight excluding hydrogens is 292 g/mol. The molecule has 1 saturated heterocycles. The first-order valence-electron chi connectivity index (χ1n) is 7.04. The Labute approximate surface area is 130 Å². The van der Waals surface area contributed by atoms with Gasteiger partial charge in [0.1, 0.15) is 12.4 Å². The quantitative estimate of drug-likeness (QED) is 0.758. The largest absolute Gasteiger partial charge is 0.490 e. The first kappa shape index (κ1) is 16.1. The maximum absolute atomic E-state index is 12.1. The lowest BCUT2D eigenvalue weighted by Gasteiger charge is -2.31. The van der Waals surface area contributed by atoms with E-state index < -0.39 is 0 Å². The number of hydrogen-bond acceptors (Lipinski definition) is 4. The zero-order chi connectivity index (χ0) is 15.2. The van der Waals surface area contributed by atoms with E-state index >= 15 is 0 Å². The van der Waals surface area contributed by atoms with E-state index in [0.717, 1.165) is 13.1 Å². The summed E-state index contributed by atoms with van der Waals surface area (Å²) in [5, 5.41) is 6.54. The number of halogens is 1. The molecule has 1 amide bonds. The number of carbonyl (C=O) groups is 1. The Kier molecular flexibility index (Phi) is 5.85. The Balaban J connectivity index is 1.91. The van der Waals surface area contributed by atoms with Crippen molar-refractivity contribution >= 4 is 23.2 Å². The van der Waals surface area contributed by atoms with Crippen LogP contribution in [0.2, 0.25) is 5.02 Å². The van der Waals surface area contributed by atoms with Crippen molar-refractivity contribution in [3.63, 3.8) is 0 Å². The fraction of sp³-hybridized carbons (Fsp3) is 0.533. The van der Waals surface area contributed by atoms with Crippen molar-refractivity contribution in [3.05, 3.63) is 23.2 Å². The Bertz CT molecular complexity index is 492. The molecule has 5 nitrogen and oxygen atoms in total. The van der Waals surface area contributed by atoms with Crippen LogP contribution in [0.1, 0.15) is 6.92 Å². The number of anilines is 1. The first-order chi connectivity index (χ1) is 10.1. The Morgan fingerprint density at radius 2 is 2.24 bits per heavy atom. The number of nitrogens with one attached hydrogen (secondary N) is 2. The van der Waals surface area contributed by atoms with E-state index in [9.17, 15) is 4.79 Å². The molecule has 0 bridgehead atoms. The van der Waals surface area contributed by atoms with Crippen LogP contribution in [0, 0.1) is 11.8 Å². The van der Waals surface area contributed by atoms with E-state index in [1.54, 1.807) is 25.3 Å². The van der Waals surface area contributed by atoms with Gasteiger partial charge in [-0.3, -0.25) is 4.79 Å². The predicted octanol–water partition coefficient (Wildman–Crippen LogP) is 2.16. The van der Waals surface area contributed by atoms with Crippen LogP contribution in [-0.4, -0.2) is 39.3 Å². The molecule has 6 heteroatoms. The summed E-state index contributed by atoms with van der Waals surface area (Å²) in [6.07, 6.45) is 0. The van der Waals surface area contributed by atoms with Gasteiger partial charge in [0.25, 0.3) is 0 Å². The lowest BCUT2D eigenvalue weighted by Crippen LogP contribution is -2.48. The number of benzene rings is 1. The van der Waals surface area contributed by atoms with Crippen molar-refractivity contribution in [3.8, 4) is 5.75 Å². The molecule has 1 aliphatic heterocycles. The average Bonchev–Trinajstić information content (AvgIpc) is 2.39. The average molecular weight is 313 g/mol. The number of ether oxygens (including phenoxy) is 2. The highest BCUT2D eigenvalue weighted by molar-refractivity contribution is 6.32. The fourth-order valence-corrected chi connectivity index (χ4v) is 2.30. The molecular formula is C15H21ClN2O3. The first-order valence-corrected chi connectivity index (χ1v) is 7.42. The molecule has 1 aliphatic rings. The highest BCUT2D eigenvalue weighted by atomic mass is 35.5. The van der Waals surface area contributed by atoms with Crippen molar-refractivity contribution in [2.24, 2.45) is 11.8 Å². The summed E-state index contributed by atoms with van der Waals surface area (Å²) >= 11 is 6.15. The van der Waals surface area contributed by atoms with Gasteiger partial charge < -0.3 is 20.1 Å². The summed E-state index contributed by atoms with van der Waals surface area (Å²) in [6, 6.07) is 5.24. The normalized spacial score (nSPS) is 16.1. The molecule has 1 aromatic carbocycles. The van der Waals surface area contributed by atoms with Gasteiger partial charge in [0, 0.05) is 18.7 Å². The van der Waals surface area contributed by atoms with Gasteiger partial charge in [-0.1, -0.05) is 18.5 Å². The molecule has 0 saturated carbocycles. The minimum Gasteiger partial charge on any atom is -0.490 e. The van der Waals surface area contributed by atoms with Crippen molar-refractivity contribution in [1.29, 1.82) is 0 Å². The maximum Gasteiger partial charge on any atom is 0.227 e. The van der Waals surface area contributed by atoms with Gasteiger partial charge >= 0.3 is 0 Å². The Morgan fingerprint density at radius 1 is 1.48 bits per heavy atom. The molecule has 21 heavy (non-hydrogen) atoms. The van der Waals surface area contributed by atoms with E-state index in [-0.39, 0.29) is 11.8 Å². The Morgan fingerprint density at radius 3 is 2.81 bits per heavy atom. The second kappa shape index (κ2) is 7.64. The Hall–Kier alpha value is -1.30. The van der Waals surface area contributed by atoms with Crippen LogP contribution in [-0.2, 0) is 9.53 Å². The minimum absolute atomic E-state index is 0.0114. The van der Waals surface area contributed by atoms with E-state index in [1.165, 1.54) is 0 Å². The molecule has 2 rings (SSSR count). The van der Waals surface area contributed by atoms with Gasteiger partial charge in [-0.25, -0.2) is 0 Å². The van der Waals surface area contributed by atoms with Crippen LogP contribution >= 0.6 is 11.6 Å². The van der Waals surface area contributed by atoms with Gasteiger partial charge in [-0.05, 0) is 37.2 Å².